The third-order valence-corrected chi connectivity index (χ3v) is 3.59. The second-order valence-electron chi connectivity index (χ2n) is 4.08. The highest BCUT2D eigenvalue weighted by molar-refractivity contribution is 7.08. The van der Waals surface area contributed by atoms with Crippen LogP contribution < -0.4 is 5.32 Å². The van der Waals surface area contributed by atoms with E-state index < -0.39 is 0 Å². The van der Waals surface area contributed by atoms with Gasteiger partial charge in [0.2, 0.25) is 0 Å². The van der Waals surface area contributed by atoms with Crippen LogP contribution in [0.5, 0.6) is 0 Å². The lowest BCUT2D eigenvalue weighted by Crippen LogP contribution is -2.04. The Morgan fingerprint density at radius 1 is 1.24 bits per heavy atom. The molecule has 0 amide bonds. The molecule has 2 heterocycles. The molecular weight excluding hydrogens is 230 g/mol. The quantitative estimate of drug-likeness (QED) is 0.900. The molecule has 0 saturated heterocycles. The Hall–Kier alpha value is -1.42. The Kier molecular flexibility index (Phi) is 3.74. The van der Waals surface area contributed by atoms with Crippen LogP contribution in [0.1, 0.15) is 29.6 Å². The molecule has 0 saturated carbocycles. The first kappa shape index (κ1) is 12.0. The maximum absolute atomic E-state index is 4.39. The Labute approximate surface area is 106 Å². The molecule has 2 aromatic heterocycles. The number of nitrogens with one attached hydrogen (secondary N) is 1. The zero-order chi connectivity index (χ0) is 12.3. The zero-order valence-corrected chi connectivity index (χ0v) is 11.3. The highest BCUT2D eigenvalue weighted by Gasteiger charge is 2.02. The van der Waals surface area contributed by atoms with Crippen molar-refractivity contribution in [3.63, 3.8) is 0 Å². The van der Waals surface area contributed by atoms with E-state index in [1.54, 1.807) is 11.3 Å². The van der Waals surface area contributed by atoms with E-state index in [0.717, 1.165) is 30.3 Å². The van der Waals surface area contributed by atoms with Gasteiger partial charge in [0.15, 0.2) is 0 Å². The number of aromatic nitrogens is 2. The van der Waals surface area contributed by atoms with Crippen molar-refractivity contribution >= 4 is 17.2 Å². The minimum absolute atomic E-state index is 0.828. The van der Waals surface area contributed by atoms with Crippen LogP contribution in [0.25, 0.3) is 0 Å². The minimum Gasteiger partial charge on any atom is -0.366 e. The molecule has 4 heteroatoms. The minimum atomic E-state index is 0.828. The summed E-state index contributed by atoms with van der Waals surface area (Å²) in [6, 6.07) is 2.02. The lowest BCUT2D eigenvalue weighted by atomic mass is 10.2. The first-order chi connectivity index (χ1) is 8.19. The van der Waals surface area contributed by atoms with Crippen LogP contribution in [0, 0.1) is 13.8 Å². The van der Waals surface area contributed by atoms with E-state index >= 15 is 0 Å². The van der Waals surface area contributed by atoms with Crippen LogP contribution in [0.3, 0.4) is 0 Å². The van der Waals surface area contributed by atoms with Gasteiger partial charge in [-0.25, -0.2) is 9.97 Å². The van der Waals surface area contributed by atoms with Gasteiger partial charge in [0, 0.05) is 18.3 Å². The van der Waals surface area contributed by atoms with E-state index in [4.69, 9.17) is 0 Å². The molecule has 2 aromatic rings. The van der Waals surface area contributed by atoms with E-state index in [9.17, 15) is 0 Å². The molecule has 17 heavy (non-hydrogen) atoms. The van der Waals surface area contributed by atoms with E-state index in [1.165, 1.54) is 11.1 Å². The van der Waals surface area contributed by atoms with Gasteiger partial charge in [-0.15, -0.1) is 0 Å². The maximum atomic E-state index is 4.39. The predicted molar refractivity (Wildman–Crippen MR) is 72.5 cm³/mol. The molecule has 0 aliphatic carbocycles. The van der Waals surface area contributed by atoms with Crippen molar-refractivity contribution < 1.29 is 0 Å². The predicted octanol–water partition coefficient (Wildman–Crippen LogP) is 3.33. The Bertz CT molecular complexity index is 505. The summed E-state index contributed by atoms with van der Waals surface area (Å²) in [5, 5.41) is 7.70. The fourth-order valence-electron chi connectivity index (χ4n) is 1.65. The lowest BCUT2D eigenvalue weighted by molar-refractivity contribution is 0.941. The molecule has 0 aromatic carbocycles. The smallest absolute Gasteiger partial charge is 0.130 e. The molecule has 0 spiro atoms. The summed E-state index contributed by atoms with van der Waals surface area (Å²) in [5.41, 5.74) is 3.76. The van der Waals surface area contributed by atoms with Crippen LogP contribution in [-0.4, -0.2) is 9.97 Å². The summed E-state index contributed by atoms with van der Waals surface area (Å²) in [6.07, 6.45) is 0.940. The van der Waals surface area contributed by atoms with Gasteiger partial charge in [0.25, 0.3) is 0 Å². The Balaban J connectivity index is 2.09. The topological polar surface area (TPSA) is 37.8 Å². The SMILES string of the molecule is CCc1cc(NCc2cscc2C)nc(C)n1. The van der Waals surface area contributed by atoms with Gasteiger partial charge in [0.1, 0.15) is 11.6 Å². The molecule has 0 unspecified atom stereocenters. The molecule has 0 bridgehead atoms. The van der Waals surface area contributed by atoms with E-state index in [1.807, 2.05) is 13.0 Å². The summed E-state index contributed by atoms with van der Waals surface area (Å²) < 4.78 is 0. The van der Waals surface area contributed by atoms with Gasteiger partial charge in [-0.2, -0.15) is 11.3 Å². The molecule has 0 aliphatic heterocycles. The largest absolute Gasteiger partial charge is 0.366 e. The molecule has 0 radical (unpaired) electrons. The summed E-state index contributed by atoms with van der Waals surface area (Å²) in [4.78, 5) is 8.76. The standard InChI is InChI=1S/C13H17N3S/c1-4-12-5-13(16-10(3)15-12)14-6-11-8-17-7-9(11)2/h5,7-8H,4,6H2,1-3H3,(H,14,15,16). The molecule has 90 valence electrons. The van der Waals surface area contributed by atoms with Crippen molar-refractivity contribution in [3.05, 3.63) is 39.5 Å². The van der Waals surface area contributed by atoms with Crippen molar-refractivity contribution in [1.82, 2.24) is 9.97 Å². The highest BCUT2D eigenvalue weighted by atomic mass is 32.1. The van der Waals surface area contributed by atoms with Crippen LogP contribution in [0.4, 0.5) is 5.82 Å². The van der Waals surface area contributed by atoms with Crippen LogP contribution >= 0.6 is 11.3 Å². The lowest BCUT2D eigenvalue weighted by Gasteiger charge is -2.07. The highest BCUT2D eigenvalue weighted by Crippen LogP contribution is 2.15. The second-order valence-corrected chi connectivity index (χ2v) is 4.82. The molecule has 0 aliphatic rings. The number of hydrogen-bond donors (Lipinski definition) is 1. The van der Waals surface area contributed by atoms with Gasteiger partial charge < -0.3 is 5.32 Å². The van der Waals surface area contributed by atoms with Crippen molar-refractivity contribution in [1.29, 1.82) is 0 Å². The normalized spacial score (nSPS) is 10.5. The summed E-state index contributed by atoms with van der Waals surface area (Å²) >= 11 is 1.74. The van der Waals surface area contributed by atoms with Gasteiger partial charge in [-0.1, -0.05) is 6.92 Å². The maximum Gasteiger partial charge on any atom is 0.130 e. The van der Waals surface area contributed by atoms with Crippen molar-refractivity contribution in [2.45, 2.75) is 33.7 Å². The van der Waals surface area contributed by atoms with Gasteiger partial charge in [-0.05, 0) is 42.2 Å². The Morgan fingerprint density at radius 2 is 2.06 bits per heavy atom. The molecule has 0 fully saturated rings. The number of thiophene rings is 1. The van der Waals surface area contributed by atoms with Gasteiger partial charge in [0.05, 0.1) is 0 Å². The summed E-state index contributed by atoms with van der Waals surface area (Å²) in [7, 11) is 0. The fraction of sp³-hybridized carbons (Fsp3) is 0.385. The molecule has 2 rings (SSSR count). The molecular formula is C13H17N3S. The van der Waals surface area contributed by atoms with Crippen molar-refractivity contribution in [2.24, 2.45) is 0 Å². The van der Waals surface area contributed by atoms with E-state index in [0.29, 0.717) is 0 Å². The first-order valence-corrected chi connectivity index (χ1v) is 6.73. The van der Waals surface area contributed by atoms with Crippen molar-refractivity contribution in [3.8, 4) is 0 Å². The van der Waals surface area contributed by atoms with Crippen LogP contribution in [0.2, 0.25) is 0 Å². The first-order valence-electron chi connectivity index (χ1n) is 5.79. The molecule has 3 nitrogen and oxygen atoms in total. The van der Waals surface area contributed by atoms with Gasteiger partial charge >= 0.3 is 0 Å². The number of anilines is 1. The molecule has 0 atom stereocenters. The van der Waals surface area contributed by atoms with Gasteiger partial charge in [-0.3, -0.25) is 0 Å². The average molecular weight is 247 g/mol. The Morgan fingerprint density at radius 3 is 2.71 bits per heavy atom. The third-order valence-electron chi connectivity index (χ3n) is 2.67. The zero-order valence-electron chi connectivity index (χ0n) is 10.4. The number of nitrogens with zero attached hydrogens (tertiary/aromatic N) is 2. The number of aryl methyl sites for hydroxylation is 3. The van der Waals surface area contributed by atoms with E-state index in [-0.39, 0.29) is 0 Å². The van der Waals surface area contributed by atoms with Crippen LogP contribution in [0.15, 0.2) is 16.8 Å². The second kappa shape index (κ2) is 5.27. The van der Waals surface area contributed by atoms with E-state index in [2.05, 4.69) is 39.9 Å². The third kappa shape index (κ3) is 3.03. The summed E-state index contributed by atoms with van der Waals surface area (Å²) in [5.74, 6) is 1.74. The summed E-state index contributed by atoms with van der Waals surface area (Å²) in [6.45, 7) is 7.00. The average Bonchev–Trinajstić information content (AvgIpc) is 2.71. The van der Waals surface area contributed by atoms with Crippen LogP contribution in [-0.2, 0) is 13.0 Å². The number of hydrogen-bond acceptors (Lipinski definition) is 4. The fourth-order valence-corrected chi connectivity index (χ4v) is 2.51. The molecule has 1 N–H and O–H groups in total. The monoisotopic (exact) mass is 247 g/mol. The van der Waals surface area contributed by atoms with Crippen molar-refractivity contribution in [2.75, 3.05) is 5.32 Å². The number of rotatable bonds is 4.